The van der Waals surface area contributed by atoms with Crippen molar-refractivity contribution in [3.8, 4) is 11.3 Å². The maximum atomic E-state index is 9.00. The maximum Gasteiger partial charge on any atom is 0.225 e. The van der Waals surface area contributed by atoms with Crippen molar-refractivity contribution >= 4 is 29.1 Å². The molecule has 0 atom stereocenters. The van der Waals surface area contributed by atoms with E-state index in [-0.39, 0.29) is 6.61 Å². The van der Waals surface area contributed by atoms with Gasteiger partial charge in [-0.25, -0.2) is 4.98 Å². The first-order valence-electron chi connectivity index (χ1n) is 7.42. The van der Waals surface area contributed by atoms with Crippen molar-refractivity contribution in [3.63, 3.8) is 0 Å². The third-order valence-electron chi connectivity index (χ3n) is 3.23. The van der Waals surface area contributed by atoms with Crippen molar-refractivity contribution in [2.45, 2.75) is 0 Å². The summed E-state index contributed by atoms with van der Waals surface area (Å²) in [5, 5.41) is 15.8. The largest absolute Gasteiger partial charge is 0.395 e. The Morgan fingerprint density at radius 3 is 2.58 bits per heavy atom. The van der Waals surface area contributed by atoms with Gasteiger partial charge in [-0.05, 0) is 24.3 Å². The van der Waals surface area contributed by atoms with Crippen molar-refractivity contribution in [1.29, 1.82) is 0 Å². The van der Waals surface area contributed by atoms with Gasteiger partial charge in [0.25, 0.3) is 0 Å². The number of benzene rings is 1. The third kappa shape index (κ3) is 3.98. The van der Waals surface area contributed by atoms with Crippen LogP contribution in [0.3, 0.4) is 0 Å². The highest BCUT2D eigenvalue weighted by Crippen LogP contribution is 2.27. The van der Waals surface area contributed by atoms with Gasteiger partial charge in [0.05, 0.1) is 23.0 Å². The summed E-state index contributed by atoms with van der Waals surface area (Å²) in [5.74, 6) is 1.03. The summed E-state index contributed by atoms with van der Waals surface area (Å²) in [7, 11) is 0. The van der Waals surface area contributed by atoms with Crippen molar-refractivity contribution in [2.75, 3.05) is 23.8 Å². The summed E-state index contributed by atoms with van der Waals surface area (Å²) in [4.78, 5) is 12.9. The van der Waals surface area contributed by atoms with Crippen LogP contribution in [0.1, 0.15) is 0 Å². The molecule has 0 radical (unpaired) electrons. The number of hydrogen-bond acceptors (Lipinski definition) is 6. The fraction of sp³-hybridized carbons (Fsp3) is 0.118. The maximum absolute atomic E-state index is 9.00. The van der Waals surface area contributed by atoms with Gasteiger partial charge in [0.15, 0.2) is 0 Å². The lowest BCUT2D eigenvalue weighted by molar-refractivity contribution is 0.311. The van der Waals surface area contributed by atoms with Crippen LogP contribution >= 0.6 is 11.6 Å². The molecule has 0 amide bonds. The molecule has 1 aromatic carbocycles. The fourth-order valence-corrected chi connectivity index (χ4v) is 2.31. The molecule has 0 bridgehead atoms. The number of nitrogens with one attached hydrogen (secondary N) is 2. The lowest BCUT2D eigenvalue weighted by Gasteiger charge is -2.12. The standard InChI is InChI=1S/C17H16ClN5O/c18-13-3-1-2-4-14(13)21-16-11-15(12-5-7-19-8-6-12)22-17(23-16)20-9-10-24/h1-8,11,24H,9-10H2,(H2,20,21,22,23). The van der Waals surface area contributed by atoms with Crippen LogP contribution in [0.5, 0.6) is 0 Å². The Labute approximate surface area is 144 Å². The summed E-state index contributed by atoms with van der Waals surface area (Å²) in [6.45, 7) is 0.363. The van der Waals surface area contributed by atoms with E-state index < -0.39 is 0 Å². The molecule has 2 aromatic heterocycles. The zero-order valence-electron chi connectivity index (χ0n) is 12.8. The number of aromatic nitrogens is 3. The molecule has 0 unspecified atom stereocenters. The minimum absolute atomic E-state index is 0.00385. The van der Waals surface area contributed by atoms with Crippen LogP contribution in [-0.2, 0) is 0 Å². The second-order valence-corrected chi connectivity index (χ2v) is 5.36. The van der Waals surface area contributed by atoms with Gasteiger partial charge in [-0.15, -0.1) is 0 Å². The lowest BCUT2D eigenvalue weighted by atomic mass is 10.2. The first kappa shape index (κ1) is 16.2. The van der Waals surface area contributed by atoms with Crippen molar-refractivity contribution in [1.82, 2.24) is 15.0 Å². The molecule has 0 saturated heterocycles. The van der Waals surface area contributed by atoms with Crippen molar-refractivity contribution < 1.29 is 5.11 Å². The van der Waals surface area contributed by atoms with Gasteiger partial charge < -0.3 is 15.7 Å². The van der Waals surface area contributed by atoms with Crippen LogP contribution in [0, 0.1) is 0 Å². The third-order valence-corrected chi connectivity index (χ3v) is 3.56. The minimum atomic E-state index is -0.00385. The zero-order chi connectivity index (χ0) is 16.8. The van der Waals surface area contributed by atoms with E-state index in [0.29, 0.717) is 23.3 Å². The number of nitrogens with zero attached hydrogens (tertiary/aromatic N) is 3. The second kappa shape index (κ2) is 7.72. The van der Waals surface area contributed by atoms with Gasteiger partial charge in [0.1, 0.15) is 5.82 Å². The summed E-state index contributed by atoms with van der Waals surface area (Å²) in [5.41, 5.74) is 2.41. The van der Waals surface area contributed by atoms with E-state index in [2.05, 4.69) is 25.6 Å². The zero-order valence-corrected chi connectivity index (χ0v) is 13.5. The van der Waals surface area contributed by atoms with Crippen LogP contribution in [0.15, 0.2) is 54.9 Å². The molecule has 2 heterocycles. The smallest absolute Gasteiger partial charge is 0.225 e. The van der Waals surface area contributed by atoms with E-state index in [0.717, 1.165) is 16.9 Å². The molecule has 0 spiro atoms. The normalized spacial score (nSPS) is 10.4. The quantitative estimate of drug-likeness (QED) is 0.638. The highest BCUT2D eigenvalue weighted by atomic mass is 35.5. The number of aliphatic hydroxyl groups is 1. The van der Waals surface area contributed by atoms with Gasteiger partial charge in [0.2, 0.25) is 5.95 Å². The van der Waals surface area contributed by atoms with E-state index >= 15 is 0 Å². The molecule has 3 aromatic rings. The Balaban J connectivity index is 1.97. The van der Waals surface area contributed by atoms with Crippen LogP contribution in [0.2, 0.25) is 5.02 Å². The number of rotatable bonds is 6. The number of hydrogen-bond donors (Lipinski definition) is 3. The molecule has 7 heteroatoms. The average Bonchev–Trinajstić information content (AvgIpc) is 2.62. The van der Waals surface area contributed by atoms with Gasteiger partial charge >= 0.3 is 0 Å². The molecule has 3 rings (SSSR count). The van der Waals surface area contributed by atoms with E-state index in [9.17, 15) is 0 Å². The Morgan fingerprint density at radius 1 is 1.04 bits per heavy atom. The predicted molar refractivity (Wildman–Crippen MR) is 95.6 cm³/mol. The number of pyridine rings is 1. The van der Waals surface area contributed by atoms with E-state index in [1.54, 1.807) is 18.5 Å². The molecule has 0 aliphatic carbocycles. The number of aliphatic hydroxyl groups excluding tert-OH is 1. The monoisotopic (exact) mass is 341 g/mol. The highest BCUT2D eigenvalue weighted by molar-refractivity contribution is 6.33. The van der Waals surface area contributed by atoms with Crippen LogP contribution in [0.25, 0.3) is 11.3 Å². The summed E-state index contributed by atoms with van der Waals surface area (Å²) < 4.78 is 0. The van der Waals surface area contributed by atoms with Gasteiger partial charge in [0, 0.05) is 30.6 Å². The Kier molecular flexibility index (Phi) is 5.20. The summed E-state index contributed by atoms with van der Waals surface area (Å²) in [6.07, 6.45) is 3.42. The first-order chi connectivity index (χ1) is 11.8. The summed E-state index contributed by atoms with van der Waals surface area (Å²) in [6, 6.07) is 13.0. The van der Waals surface area contributed by atoms with E-state index in [1.807, 2.05) is 36.4 Å². The highest BCUT2D eigenvalue weighted by Gasteiger charge is 2.08. The number of anilines is 3. The molecule has 24 heavy (non-hydrogen) atoms. The first-order valence-corrected chi connectivity index (χ1v) is 7.80. The Hall–Kier alpha value is -2.70. The minimum Gasteiger partial charge on any atom is -0.395 e. The van der Waals surface area contributed by atoms with E-state index in [1.165, 1.54) is 0 Å². The predicted octanol–water partition coefficient (Wildman–Crippen LogP) is 3.34. The van der Waals surface area contributed by atoms with Gasteiger partial charge in [-0.1, -0.05) is 23.7 Å². The fourth-order valence-electron chi connectivity index (χ4n) is 2.13. The van der Waals surface area contributed by atoms with Crippen LogP contribution in [0.4, 0.5) is 17.5 Å². The molecule has 0 aliphatic heterocycles. The number of para-hydroxylation sites is 1. The Bertz CT molecular complexity index is 813. The molecule has 6 nitrogen and oxygen atoms in total. The molecule has 0 saturated carbocycles. The molecule has 3 N–H and O–H groups in total. The Morgan fingerprint density at radius 2 is 1.83 bits per heavy atom. The van der Waals surface area contributed by atoms with E-state index in [4.69, 9.17) is 16.7 Å². The molecular formula is C17H16ClN5O. The second-order valence-electron chi connectivity index (χ2n) is 4.95. The van der Waals surface area contributed by atoms with Gasteiger partial charge in [-0.3, -0.25) is 4.98 Å². The van der Waals surface area contributed by atoms with Crippen molar-refractivity contribution in [2.24, 2.45) is 0 Å². The average molecular weight is 342 g/mol. The van der Waals surface area contributed by atoms with Gasteiger partial charge in [-0.2, -0.15) is 4.98 Å². The molecular weight excluding hydrogens is 326 g/mol. The topological polar surface area (TPSA) is 83.0 Å². The SMILES string of the molecule is OCCNc1nc(Nc2ccccc2Cl)cc(-c2ccncc2)n1. The molecule has 0 fully saturated rings. The lowest BCUT2D eigenvalue weighted by Crippen LogP contribution is -2.10. The molecule has 122 valence electrons. The summed E-state index contributed by atoms with van der Waals surface area (Å²) >= 11 is 6.19. The van der Waals surface area contributed by atoms with Crippen LogP contribution in [-0.4, -0.2) is 33.2 Å². The number of halogens is 1. The van der Waals surface area contributed by atoms with Crippen molar-refractivity contribution in [3.05, 3.63) is 59.9 Å². The molecule has 0 aliphatic rings. The van der Waals surface area contributed by atoms with Crippen LogP contribution < -0.4 is 10.6 Å².